The van der Waals surface area contributed by atoms with E-state index in [0.29, 0.717) is 32.5 Å². The summed E-state index contributed by atoms with van der Waals surface area (Å²) in [5.41, 5.74) is -0.685. The zero-order valence-corrected chi connectivity index (χ0v) is 16.0. The molecule has 0 radical (unpaired) electrons. The number of aliphatic hydroxyl groups is 2. The van der Waals surface area contributed by atoms with Crippen molar-refractivity contribution in [2.75, 3.05) is 19.6 Å². The number of carboxylic acids is 1. The lowest BCUT2D eigenvalue weighted by Gasteiger charge is -2.25. The molecule has 0 unspecified atom stereocenters. The van der Waals surface area contributed by atoms with Crippen LogP contribution in [0.15, 0.2) is 0 Å². The van der Waals surface area contributed by atoms with Crippen molar-refractivity contribution in [3.05, 3.63) is 0 Å². The highest BCUT2D eigenvalue weighted by Gasteiger charge is 2.23. The first-order chi connectivity index (χ1) is 11.4. The Balaban J connectivity index is 4.33. The maximum absolute atomic E-state index is 11.7. The van der Waals surface area contributed by atoms with Gasteiger partial charge in [-0.05, 0) is 60.4 Å². The van der Waals surface area contributed by atoms with E-state index in [1.165, 1.54) is 0 Å². The van der Waals surface area contributed by atoms with Gasteiger partial charge in [0.15, 0.2) is 0 Å². The van der Waals surface area contributed by atoms with Crippen LogP contribution in [0.4, 0.5) is 4.79 Å². The van der Waals surface area contributed by atoms with Gasteiger partial charge in [0.25, 0.3) is 0 Å². The fraction of sp³-hybridized carbons (Fsp3) is 0.882. The minimum Gasteiger partial charge on any atom is -0.480 e. The van der Waals surface area contributed by atoms with Gasteiger partial charge in [-0.1, -0.05) is 0 Å². The summed E-state index contributed by atoms with van der Waals surface area (Å²) in [6, 6.07) is -1.00. The molecule has 1 amide bonds. The fourth-order valence-corrected chi connectivity index (χ4v) is 2.40. The molecule has 0 spiro atoms. The molecule has 0 saturated heterocycles. The van der Waals surface area contributed by atoms with Crippen LogP contribution < -0.4 is 5.32 Å². The van der Waals surface area contributed by atoms with Gasteiger partial charge in [0, 0.05) is 13.1 Å². The van der Waals surface area contributed by atoms with E-state index in [1.54, 1.807) is 34.6 Å². The molecule has 0 aromatic carbocycles. The van der Waals surface area contributed by atoms with Crippen molar-refractivity contribution in [2.24, 2.45) is 0 Å². The largest absolute Gasteiger partial charge is 0.480 e. The lowest BCUT2D eigenvalue weighted by atomic mass is 10.1. The van der Waals surface area contributed by atoms with Gasteiger partial charge >= 0.3 is 12.1 Å². The van der Waals surface area contributed by atoms with Crippen LogP contribution in [-0.2, 0) is 9.53 Å². The maximum Gasteiger partial charge on any atom is 0.408 e. The van der Waals surface area contributed by atoms with E-state index in [-0.39, 0.29) is 6.42 Å². The molecule has 0 aliphatic rings. The Bertz CT molecular complexity index is 396. The van der Waals surface area contributed by atoms with E-state index < -0.39 is 35.9 Å². The second-order valence-electron chi connectivity index (χ2n) is 7.49. The predicted octanol–water partition coefficient (Wildman–Crippen LogP) is 1.20. The Kier molecular flexibility index (Phi) is 10.7. The number of alkyl carbamates (subject to hydrolysis) is 1. The van der Waals surface area contributed by atoms with Crippen molar-refractivity contribution >= 4 is 12.1 Å². The van der Waals surface area contributed by atoms with Gasteiger partial charge in [-0.3, -0.25) is 4.90 Å². The van der Waals surface area contributed by atoms with Gasteiger partial charge in [0.05, 0.1) is 12.2 Å². The number of nitrogens with one attached hydrogen (secondary N) is 1. The zero-order chi connectivity index (χ0) is 19.6. The summed E-state index contributed by atoms with van der Waals surface area (Å²) < 4.78 is 5.07. The smallest absolute Gasteiger partial charge is 0.408 e. The number of amides is 1. The molecule has 4 N–H and O–H groups in total. The van der Waals surface area contributed by atoms with Crippen molar-refractivity contribution in [1.29, 1.82) is 0 Å². The predicted molar refractivity (Wildman–Crippen MR) is 94.4 cm³/mol. The SMILES string of the molecule is C[C@H](O)CN(CCCC[C@H](NC(=O)OC(C)(C)C)C(=O)O)C[C@@H](C)O. The molecule has 0 aromatic heterocycles. The molecule has 0 aromatic rings. The molecule has 25 heavy (non-hydrogen) atoms. The average molecular weight is 362 g/mol. The third-order valence-electron chi connectivity index (χ3n) is 3.25. The van der Waals surface area contributed by atoms with Crippen molar-refractivity contribution in [3.8, 4) is 0 Å². The highest BCUT2D eigenvalue weighted by Crippen LogP contribution is 2.09. The van der Waals surface area contributed by atoms with Gasteiger partial charge in [-0.15, -0.1) is 0 Å². The summed E-state index contributed by atoms with van der Waals surface area (Å²) >= 11 is 0. The molecule has 0 rings (SSSR count). The summed E-state index contributed by atoms with van der Waals surface area (Å²) in [7, 11) is 0. The van der Waals surface area contributed by atoms with E-state index >= 15 is 0 Å². The number of unbranched alkanes of at least 4 members (excludes halogenated alkanes) is 1. The number of ether oxygens (including phenoxy) is 1. The molecular weight excluding hydrogens is 328 g/mol. The second-order valence-corrected chi connectivity index (χ2v) is 7.49. The Morgan fingerprint density at radius 2 is 1.60 bits per heavy atom. The number of rotatable bonds is 11. The molecule has 148 valence electrons. The van der Waals surface area contributed by atoms with E-state index in [0.717, 1.165) is 0 Å². The minimum absolute atomic E-state index is 0.284. The van der Waals surface area contributed by atoms with Crippen LogP contribution in [0.25, 0.3) is 0 Å². The van der Waals surface area contributed by atoms with Crippen LogP contribution in [0.1, 0.15) is 53.9 Å². The van der Waals surface area contributed by atoms with Crippen LogP contribution in [-0.4, -0.2) is 75.8 Å². The minimum atomic E-state index is -1.10. The normalized spacial score (nSPS) is 15.5. The summed E-state index contributed by atoms with van der Waals surface area (Å²) in [5.74, 6) is -1.10. The molecular formula is C17H34N2O6. The van der Waals surface area contributed by atoms with Gasteiger partial charge in [0.2, 0.25) is 0 Å². The van der Waals surface area contributed by atoms with Crippen LogP contribution in [0.3, 0.4) is 0 Å². The number of carboxylic acid groups (broad SMARTS) is 1. The van der Waals surface area contributed by atoms with Crippen molar-refractivity contribution in [2.45, 2.75) is 77.7 Å². The van der Waals surface area contributed by atoms with Crippen LogP contribution in [0.5, 0.6) is 0 Å². The van der Waals surface area contributed by atoms with Gasteiger partial charge in [0.1, 0.15) is 11.6 Å². The Morgan fingerprint density at radius 3 is 2.00 bits per heavy atom. The standard InChI is InChI=1S/C17H34N2O6/c1-12(20)10-19(11-13(2)21)9-7-6-8-14(15(22)23)18-16(24)25-17(3,4)5/h12-14,20-21H,6-11H2,1-5H3,(H,18,24)(H,22,23)/t12-,13+,14-/m0/s1. The lowest BCUT2D eigenvalue weighted by Crippen LogP contribution is -2.43. The monoisotopic (exact) mass is 362 g/mol. The highest BCUT2D eigenvalue weighted by molar-refractivity contribution is 5.79. The van der Waals surface area contributed by atoms with E-state index in [2.05, 4.69) is 5.32 Å². The molecule has 8 nitrogen and oxygen atoms in total. The van der Waals surface area contributed by atoms with E-state index in [9.17, 15) is 24.9 Å². The Hall–Kier alpha value is -1.38. The first kappa shape index (κ1) is 23.6. The van der Waals surface area contributed by atoms with Crippen LogP contribution in [0, 0.1) is 0 Å². The number of carbonyl (C=O) groups excluding carboxylic acids is 1. The van der Waals surface area contributed by atoms with Crippen LogP contribution in [0.2, 0.25) is 0 Å². The van der Waals surface area contributed by atoms with Gasteiger partial charge < -0.3 is 25.4 Å². The number of nitrogens with zero attached hydrogens (tertiary/aromatic N) is 1. The Morgan fingerprint density at radius 1 is 1.08 bits per heavy atom. The quantitative estimate of drug-likeness (QED) is 0.408. The van der Waals surface area contributed by atoms with Gasteiger partial charge in [-0.25, -0.2) is 9.59 Å². The van der Waals surface area contributed by atoms with Crippen molar-refractivity contribution in [3.63, 3.8) is 0 Å². The number of aliphatic hydroxyl groups excluding tert-OH is 2. The maximum atomic E-state index is 11.7. The van der Waals surface area contributed by atoms with Crippen molar-refractivity contribution < 1.29 is 29.6 Å². The topological polar surface area (TPSA) is 119 Å². The number of carbonyl (C=O) groups is 2. The number of aliphatic carboxylic acids is 1. The molecule has 0 heterocycles. The summed E-state index contributed by atoms with van der Waals surface area (Å²) in [6.45, 7) is 10.0. The van der Waals surface area contributed by atoms with E-state index in [4.69, 9.17) is 4.74 Å². The summed E-state index contributed by atoms with van der Waals surface area (Å²) in [6.07, 6.45) is -0.183. The van der Waals surface area contributed by atoms with Crippen molar-refractivity contribution in [1.82, 2.24) is 10.2 Å². The molecule has 8 heteroatoms. The Labute approximate surface area is 150 Å². The number of hydrogen-bond donors (Lipinski definition) is 4. The van der Waals surface area contributed by atoms with Gasteiger partial charge in [-0.2, -0.15) is 0 Å². The average Bonchev–Trinajstić information content (AvgIpc) is 2.38. The first-order valence-electron chi connectivity index (χ1n) is 8.71. The lowest BCUT2D eigenvalue weighted by molar-refractivity contribution is -0.139. The molecule has 0 fully saturated rings. The second kappa shape index (κ2) is 11.3. The molecule has 0 bridgehead atoms. The van der Waals surface area contributed by atoms with Crippen LogP contribution >= 0.6 is 0 Å². The third kappa shape index (κ3) is 13.6. The molecule has 0 aliphatic heterocycles. The van der Waals surface area contributed by atoms with E-state index in [1.807, 2.05) is 4.90 Å². The fourth-order valence-electron chi connectivity index (χ4n) is 2.40. The highest BCUT2D eigenvalue weighted by atomic mass is 16.6. The first-order valence-corrected chi connectivity index (χ1v) is 8.71. The molecule has 3 atom stereocenters. The molecule has 0 saturated carbocycles. The summed E-state index contributed by atoms with van der Waals surface area (Å²) in [4.78, 5) is 24.9. The zero-order valence-electron chi connectivity index (χ0n) is 16.0. The molecule has 0 aliphatic carbocycles. The third-order valence-corrected chi connectivity index (χ3v) is 3.25. The summed E-state index contributed by atoms with van der Waals surface area (Å²) in [5, 5.41) is 30.6. The number of hydrogen-bond acceptors (Lipinski definition) is 6.